The Bertz CT molecular complexity index is 460. The van der Waals surface area contributed by atoms with Gasteiger partial charge in [-0.2, -0.15) is 5.10 Å². The van der Waals surface area contributed by atoms with Gasteiger partial charge < -0.3 is 5.32 Å². The van der Waals surface area contributed by atoms with Crippen molar-refractivity contribution in [3.63, 3.8) is 0 Å². The fraction of sp³-hybridized carbons (Fsp3) is 0.455. The van der Waals surface area contributed by atoms with Gasteiger partial charge >= 0.3 is 0 Å². The minimum absolute atomic E-state index is 0.334. The lowest BCUT2D eigenvalue weighted by Gasteiger charge is -2.10. The second kappa shape index (κ2) is 4.76. The topological polar surface area (TPSA) is 53.6 Å². The molecule has 0 aliphatic carbocycles. The van der Waals surface area contributed by atoms with E-state index in [1.54, 1.807) is 11.3 Å². The Hall–Kier alpha value is -1.20. The molecule has 0 aromatic carbocycles. The Morgan fingerprint density at radius 2 is 2.25 bits per heavy atom. The van der Waals surface area contributed by atoms with Crippen LogP contribution in [0.2, 0.25) is 0 Å². The molecular weight excluding hydrogens is 220 g/mol. The maximum absolute atomic E-state index is 4.26. The highest BCUT2D eigenvalue weighted by Gasteiger charge is 2.09. The van der Waals surface area contributed by atoms with E-state index in [1.807, 2.05) is 26.2 Å². The monoisotopic (exact) mass is 236 g/mol. The molecule has 1 atom stereocenters. The molecule has 5 heteroatoms. The Morgan fingerprint density at radius 3 is 2.81 bits per heavy atom. The van der Waals surface area contributed by atoms with Crippen molar-refractivity contribution in [2.45, 2.75) is 33.4 Å². The van der Waals surface area contributed by atoms with Crippen LogP contribution in [0, 0.1) is 13.8 Å². The predicted molar refractivity (Wildman–Crippen MR) is 65.4 cm³/mol. The molecular formula is C11H16N4S. The Kier molecular flexibility index (Phi) is 3.36. The molecule has 4 nitrogen and oxygen atoms in total. The molecule has 2 heterocycles. The van der Waals surface area contributed by atoms with E-state index < -0.39 is 0 Å². The number of aromatic nitrogens is 3. The van der Waals surface area contributed by atoms with Crippen LogP contribution in [0.15, 0.2) is 12.4 Å². The number of hydrogen-bond acceptors (Lipinski definition) is 4. The normalized spacial score (nSPS) is 12.9. The Morgan fingerprint density at radius 1 is 1.44 bits per heavy atom. The first-order valence-corrected chi connectivity index (χ1v) is 6.13. The highest BCUT2D eigenvalue weighted by molar-refractivity contribution is 7.11. The lowest BCUT2D eigenvalue weighted by Crippen LogP contribution is -2.17. The molecule has 0 saturated heterocycles. The number of rotatable bonds is 4. The number of H-pyrrole nitrogens is 1. The zero-order valence-corrected chi connectivity index (χ0v) is 10.6. The third-order valence-corrected chi connectivity index (χ3v) is 3.69. The molecule has 0 fully saturated rings. The van der Waals surface area contributed by atoms with E-state index in [9.17, 15) is 0 Å². The average Bonchev–Trinajstić information content (AvgIpc) is 2.84. The maximum Gasteiger partial charge on any atom is 0.0897 e. The van der Waals surface area contributed by atoms with Crippen molar-refractivity contribution in [2.75, 3.05) is 0 Å². The number of hydrogen-bond donors (Lipinski definition) is 2. The molecule has 2 aromatic rings. The summed E-state index contributed by atoms with van der Waals surface area (Å²) in [6.07, 6.45) is 3.81. The van der Waals surface area contributed by atoms with Crippen LogP contribution < -0.4 is 5.32 Å². The van der Waals surface area contributed by atoms with E-state index in [0.29, 0.717) is 6.04 Å². The summed E-state index contributed by atoms with van der Waals surface area (Å²) in [5.74, 6) is 0. The molecule has 0 amide bonds. The van der Waals surface area contributed by atoms with Crippen molar-refractivity contribution < 1.29 is 0 Å². The predicted octanol–water partition coefficient (Wildman–Crippen LogP) is 2.33. The molecule has 0 saturated carbocycles. The number of aryl methyl sites for hydroxylation is 2. The van der Waals surface area contributed by atoms with Gasteiger partial charge in [-0.1, -0.05) is 0 Å². The smallest absolute Gasteiger partial charge is 0.0897 e. The molecule has 2 aromatic heterocycles. The first kappa shape index (κ1) is 11.3. The first-order valence-electron chi connectivity index (χ1n) is 5.31. The number of thiazole rings is 1. The lowest BCUT2D eigenvalue weighted by atomic mass is 10.2. The Balaban J connectivity index is 1.93. The van der Waals surface area contributed by atoms with E-state index in [4.69, 9.17) is 0 Å². The van der Waals surface area contributed by atoms with Gasteiger partial charge in [0.2, 0.25) is 0 Å². The number of nitrogens with zero attached hydrogens (tertiary/aromatic N) is 2. The maximum atomic E-state index is 4.26. The number of aromatic amines is 1. The molecule has 1 unspecified atom stereocenters. The van der Waals surface area contributed by atoms with Gasteiger partial charge in [0.05, 0.1) is 11.2 Å². The highest BCUT2D eigenvalue weighted by atomic mass is 32.1. The minimum atomic E-state index is 0.334. The van der Waals surface area contributed by atoms with E-state index >= 15 is 0 Å². The largest absolute Gasteiger partial charge is 0.305 e. The van der Waals surface area contributed by atoms with Crippen LogP contribution in [0.25, 0.3) is 0 Å². The van der Waals surface area contributed by atoms with E-state index in [-0.39, 0.29) is 0 Å². The molecule has 16 heavy (non-hydrogen) atoms. The summed E-state index contributed by atoms with van der Waals surface area (Å²) >= 11 is 1.74. The molecule has 0 bridgehead atoms. The van der Waals surface area contributed by atoms with Crippen LogP contribution in [0.4, 0.5) is 0 Å². The highest BCUT2D eigenvalue weighted by Crippen LogP contribution is 2.20. The molecule has 0 aliphatic rings. The first-order chi connectivity index (χ1) is 7.66. The molecule has 0 aliphatic heterocycles. The quantitative estimate of drug-likeness (QED) is 0.856. The van der Waals surface area contributed by atoms with Gasteiger partial charge in [-0.25, -0.2) is 4.98 Å². The summed E-state index contributed by atoms with van der Waals surface area (Å²) < 4.78 is 0. The zero-order chi connectivity index (χ0) is 11.5. The Labute approximate surface area is 99.1 Å². The summed E-state index contributed by atoms with van der Waals surface area (Å²) in [5.41, 5.74) is 2.34. The van der Waals surface area contributed by atoms with Gasteiger partial charge in [0, 0.05) is 34.9 Å². The fourth-order valence-corrected chi connectivity index (χ4v) is 2.31. The molecule has 2 N–H and O–H groups in total. The summed E-state index contributed by atoms with van der Waals surface area (Å²) in [6.45, 7) is 7.05. The van der Waals surface area contributed by atoms with Gasteiger partial charge in [0.15, 0.2) is 0 Å². The zero-order valence-electron chi connectivity index (χ0n) is 9.74. The van der Waals surface area contributed by atoms with Crippen LogP contribution in [0.5, 0.6) is 0 Å². The van der Waals surface area contributed by atoms with E-state index in [2.05, 4.69) is 27.4 Å². The number of nitrogens with one attached hydrogen (secondary N) is 2. The van der Waals surface area contributed by atoms with Crippen LogP contribution in [-0.2, 0) is 6.54 Å². The van der Waals surface area contributed by atoms with Gasteiger partial charge in [0.25, 0.3) is 0 Å². The van der Waals surface area contributed by atoms with Crippen molar-refractivity contribution in [1.82, 2.24) is 20.5 Å². The molecule has 0 radical (unpaired) electrons. The summed E-state index contributed by atoms with van der Waals surface area (Å²) in [6, 6.07) is 0.334. The van der Waals surface area contributed by atoms with E-state index in [1.165, 1.54) is 10.4 Å². The third-order valence-electron chi connectivity index (χ3n) is 2.60. The molecule has 0 spiro atoms. The van der Waals surface area contributed by atoms with Crippen molar-refractivity contribution in [3.05, 3.63) is 33.5 Å². The second-order valence-electron chi connectivity index (χ2n) is 3.90. The summed E-state index contributed by atoms with van der Waals surface area (Å²) in [7, 11) is 0. The summed E-state index contributed by atoms with van der Waals surface area (Å²) in [5, 5.41) is 11.5. The van der Waals surface area contributed by atoms with Crippen LogP contribution in [0.1, 0.15) is 34.1 Å². The van der Waals surface area contributed by atoms with Gasteiger partial charge in [-0.05, 0) is 20.8 Å². The summed E-state index contributed by atoms with van der Waals surface area (Å²) in [4.78, 5) is 5.54. The average molecular weight is 236 g/mol. The van der Waals surface area contributed by atoms with Crippen molar-refractivity contribution in [2.24, 2.45) is 0 Å². The second-order valence-corrected chi connectivity index (χ2v) is 5.17. The van der Waals surface area contributed by atoms with Gasteiger partial charge in [0.1, 0.15) is 0 Å². The van der Waals surface area contributed by atoms with Gasteiger partial charge in [-0.15, -0.1) is 11.3 Å². The van der Waals surface area contributed by atoms with Crippen molar-refractivity contribution in [1.29, 1.82) is 0 Å². The van der Waals surface area contributed by atoms with Crippen molar-refractivity contribution >= 4 is 11.3 Å². The standard InChI is InChI=1S/C11H16N4S/c1-7-10(5-14-15-7)4-12-8(2)11-6-13-9(3)16-11/h5-6,8,12H,4H2,1-3H3,(H,14,15). The van der Waals surface area contributed by atoms with Gasteiger partial charge in [-0.3, -0.25) is 5.10 Å². The fourth-order valence-electron chi connectivity index (χ4n) is 1.50. The van der Waals surface area contributed by atoms with Crippen LogP contribution in [0.3, 0.4) is 0 Å². The molecule has 2 rings (SSSR count). The molecule has 86 valence electrons. The van der Waals surface area contributed by atoms with Crippen LogP contribution >= 0.6 is 11.3 Å². The SMILES string of the molecule is Cc1ncc(C(C)NCc2cn[nH]c2C)s1. The van der Waals surface area contributed by atoms with Crippen molar-refractivity contribution in [3.8, 4) is 0 Å². The van der Waals surface area contributed by atoms with E-state index in [0.717, 1.165) is 17.2 Å². The minimum Gasteiger partial charge on any atom is -0.305 e. The van der Waals surface area contributed by atoms with Crippen LogP contribution in [-0.4, -0.2) is 15.2 Å². The lowest BCUT2D eigenvalue weighted by molar-refractivity contribution is 0.581. The third kappa shape index (κ3) is 2.48.